The molecule has 1 aliphatic carbocycles. The van der Waals surface area contributed by atoms with Gasteiger partial charge in [-0.05, 0) is 18.9 Å². The number of rotatable bonds is 1. The largest absolute Gasteiger partial charge is 0.347 e. The van der Waals surface area contributed by atoms with E-state index in [1.54, 1.807) is 11.3 Å². The van der Waals surface area contributed by atoms with E-state index in [9.17, 15) is 4.79 Å². The van der Waals surface area contributed by atoms with Crippen molar-refractivity contribution in [3.05, 3.63) is 21.3 Å². The molecule has 1 aromatic heterocycles. The average molecular weight is 228 g/mol. The highest BCUT2D eigenvalue weighted by molar-refractivity contribution is 7.10. The monoisotopic (exact) mass is 227 g/mol. The molecule has 2 fully saturated rings. The second-order valence-corrected chi connectivity index (χ2v) is 5.46. The molecule has 2 heterocycles. The number of nitrogens with one attached hydrogen (secondary N) is 1. The van der Waals surface area contributed by atoms with Crippen LogP contribution in [0.5, 0.6) is 0 Å². The highest BCUT2D eigenvalue weighted by Crippen LogP contribution is 2.57. The molecule has 1 amide bonds. The van der Waals surface area contributed by atoms with Crippen molar-refractivity contribution in [2.45, 2.75) is 25.3 Å². The second kappa shape index (κ2) is 2.74. The summed E-state index contributed by atoms with van der Waals surface area (Å²) in [6.07, 6.45) is 3.26. The lowest BCUT2D eigenvalue weighted by atomic mass is 9.58. The van der Waals surface area contributed by atoms with Gasteiger partial charge in [0, 0.05) is 10.3 Å². The molecule has 0 bridgehead atoms. The summed E-state index contributed by atoms with van der Waals surface area (Å²) >= 11 is 7.51. The standard InChI is InChI=1S/C10H10ClNOS/c11-6-4-7(14-5-6)8-10(2-1-3-10)9(13)12-8/h4-5,8H,1-3H2,(H,12,13). The number of thiophene rings is 1. The van der Waals surface area contributed by atoms with E-state index in [4.69, 9.17) is 11.6 Å². The summed E-state index contributed by atoms with van der Waals surface area (Å²) < 4.78 is 0. The summed E-state index contributed by atoms with van der Waals surface area (Å²) in [5, 5.41) is 5.68. The van der Waals surface area contributed by atoms with Crippen LogP contribution < -0.4 is 5.32 Å². The van der Waals surface area contributed by atoms with Crippen molar-refractivity contribution in [2.24, 2.45) is 5.41 Å². The first kappa shape index (κ1) is 8.74. The highest BCUT2D eigenvalue weighted by atomic mass is 35.5. The van der Waals surface area contributed by atoms with E-state index in [0.29, 0.717) is 0 Å². The molecule has 4 heteroatoms. The first-order valence-corrected chi connectivity index (χ1v) is 6.03. The van der Waals surface area contributed by atoms with E-state index in [-0.39, 0.29) is 17.4 Å². The van der Waals surface area contributed by atoms with Crippen molar-refractivity contribution in [1.29, 1.82) is 0 Å². The van der Waals surface area contributed by atoms with Crippen molar-refractivity contribution in [2.75, 3.05) is 0 Å². The van der Waals surface area contributed by atoms with Gasteiger partial charge in [0.2, 0.25) is 5.91 Å². The zero-order valence-electron chi connectivity index (χ0n) is 7.55. The summed E-state index contributed by atoms with van der Waals surface area (Å²) in [6.45, 7) is 0. The molecule has 1 aliphatic heterocycles. The van der Waals surface area contributed by atoms with Gasteiger partial charge in [-0.1, -0.05) is 18.0 Å². The van der Waals surface area contributed by atoms with E-state index < -0.39 is 0 Å². The Morgan fingerprint density at radius 2 is 2.36 bits per heavy atom. The Labute approximate surface area is 91.3 Å². The summed E-state index contributed by atoms with van der Waals surface area (Å²) in [4.78, 5) is 12.7. The molecule has 1 saturated carbocycles. The summed E-state index contributed by atoms with van der Waals surface area (Å²) in [5.74, 6) is 0.235. The molecule has 14 heavy (non-hydrogen) atoms. The summed E-state index contributed by atoms with van der Waals surface area (Å²) in [5.41, 5.74) is -0.0613. The van der Waals surface area contributed by atoms with Gasteiger partial charge in [0.1, 0.15) is 0 Å². The normalized spacial score (nSPS) is 28.1. The fourth-order valence-corrected chi connectivity index (χ4v) is 3.61. The van der Waals surface area contributed by atoms with Gasteiger partial charge < -0.3 is 5.32 Å². The van der Waals surface area contributed by atoms with Crippen LogP contribution in [0, 0.1) is 5.41 Å². The van der Waals surface area contributed by atoms with Gasteiger partial charge >= 0.3 is 0 Å². The van der Waals surface area contributed by atoms with Crippen molar-refractivity contribution >= 4 is 28.8 Å². The first-order chi connectivity index (χ1) is 6.72. The Kier molecular flexibility index (Phi) is 1.71. The molecule has 1 saturated heterocycles. The minimum atomic E-state index is -0.0613. The van der Waals surface area contributed by atoms with Gasteiger partial charge in [0.25, 0.3) is 0 Å². The predicted molar refractivity (Wildman–Crippen MR) is 56.5 cm³/mol. The molecule has 1 N–H and O–H groups in total. The van der Waals surface area contributed by atoms with Crippen molar-refractivity contribution in [3.8, 4) is 0 Å². The van der Waals surface area contributed by atoms with Crippen LogP contribution in [0.2, 0.25) is 5.02 Å². The lowest BCUT2D eigenvalue weighted by Crippen LogP contribution is -2.64. The Balaban J connectivity index is 1.91. The first-order valence-electron chi connectivity index (χ1n) is 4.77. The number of carbonyl (C=O) groups is 1. The SMILES string of the molecule is O=C1NC(c2cc(Cl)cs2)C12CCC2. The fourth-order valence-electron chi connectivity index (χ4n) is 2.36. The Morgan fingerprint density at radius 1 is 1.57 bits per heavy atom. The number of β-lactam (4-membered cyclic amide) rings is 1. The number of halogens is 1. The molecule has 1 atom stereocenters. The maximum absolute atomic E-state index is 11.5. The molecule has 0 aromatic carbocycles. The van der Waals surface area contributed by atoms with Gasteiger partial charge in [0.15, 0.2) is 0 Å². The Morgan fingerprint density at radius 3 is 2.79 bits per heavy atom. The van der Waals surface area contributed by atoms with E-state index in [2.05, 4.69) is 5.32 Å². The van der Waals surface area contributed by atoms with Crippen LogP contribution in [0.25, 0.3) is 0 Å². The molecule has 0 radical (unpaired) electrons. The molecule has 1 unspecified atom stereocenters. The third-order valence-corrected chi connectivity index (χ3v) is 4.74. The quantitative estimate of drug-likeness (QED) is 0.735. The molecular formula is C10H10ClNOS. The molecule has 74 valence electrons. The number of hydrogen-bond donors (Lipinski definition) is 1. The average Bonchev–Trinajstić information content (AvgIpc) is 2.44. The third kappa shape index (κ3) is 0.943. The van der Waals surface area contributed by atoms with E-state index in [0.717, 1.165) is 17.9 Å². The van der Waals surface area contributed by atoms with Gasteiger partial charge in [-0.2, -0.15) is 0 Å². The molecule has 1 spiro atoms. The van der Waals surface area contributed by atoms with E-state index in [1.165, 1.54) is 11.3 Å². The van der Waals surface area contributed by atoms with Crippen LogP contribution >= 0.6 is 22.9 Å². The van der Waals surface area contributed by atoms with Gasteiger partial charge in [-0.15, -0.1) is 11.3 Å². The maximum atomic E-state index is 11.5. The van der Waals surface area contributed by atoms with Crippen LogP contribution in [0.15, 0.2) is 11.4 Å². The number of carbonyl (C=O) groups excluding carboxylic acids is 1. The van der Waals surface area contributed by atoms with Crippen LogP contribution in [0.4, 0.5) is 0 Å². The zero-order chi connectivity index (χ0) is 9.76. The molecule has 1 aromatic rings. The van der Waals surface area contributed by atoms with Crippen LogP contribution in [-0.2, 0) is 4.79 Å². The van der Waals surface area contributed by atoms with Crippen molar-refractivity contribution < 1.29 is 4.79 Å². The van der Waals surface area contributed by atoms with Crippen LogP contribution in [0.3, 0.4) is 0 Å². The molecular weight excluding hydrogens is 218 g/mol. The lowest BCUT2D eigenvalue weighted by molar-refractivity contribution is -0.155. The maximum Gasteiger partial charge on any atom is 0.229 e. The fraction of sp³-hybridized carbons (Fsp3) is 0.500. The number of hydrogen-bond acceptors (Lipinski definition) is 2. The smallest absolute Gasteiger partial charge is 0.229 e. The summed E-state index contributed by atoms with van der Waals surface area (Å²) in [6, 6.07) is 2.21. The highest BCUT2D eigenvalue weighted by Gasteiger charge is 2.59. The van der Waals surface area contributed by atoms with Gasteiger partial charge in [-0.25, -0.2) is 0 Å². The summed E-state index contributed by atoms with van der Waals surface area (Å²) in [7, 11) is 0. The van der Waals surface area contributed by atoms with Crippen LogP contribution in [0.1, 0.15) is 30.2 Å². The third-order valence-electron chi connectivity index (χ3n) is 3.40. The molecule has 2 aliphatic rings. The Bertz CT molecular complexity index is 397. The topological polar surface area (TPSA) is 29.1 Å². The predicted octanol–water partition coefficient (Wildman–Crippen LogP) is 2.74. The second-order valence-electron chi connectivity index (χ2n) is 4.08. The van der Waals surface area contributed by atoms with E-state index in [1.807, 2.05) is 11.4 Å². The van der Waals surface area contributed by atoms with E-state index >= 15 is 0 Å². The van der Waals surface area contributed by atoms with Gasteiger partial charge in [-0.3, -0.25) is 4.79 Å². The zero-order valence-corrected chi connectivity index (χ0v) is 9.12. The van der Waals surface area contributed by atoms with Gasteiger partial charge in [0.05, 0.1) is 16.5 Å². The molecule has 3 rings (SSSR count). The minimum Gasteiger partial charge on any atom is -0.347 e. The molecule has 2 nitrogen and oxygen atoms in total. The minimum absolute atomic E-state index is 0.0613. The Hall–Kier alpha value is -0.540. The lowest BCUT2D eigenvalue weighted by Gasteiger charge is -2.54. The van der Waals surface area contributed by atoms with Crippen molar-refractivity contribution in [1.82, 2.24) is 5.32 Å². The number of amides is 1. The van der Waals surface area contributed by atoms with Crippen LogP contribution in [-0.4, -0.2) is 5.91 Å². The van der Waals surface area contributed by atoms with Crippen molar-refractivity contribution in [3.63, 3.8) is 0 Å².